The third-order valence-corrected chi connectivity index (χ3v) is 8.60. The Bertz CT molecular complexity index is 1650. The highest BCUT2D eigenvalue weighted by atomic mass is 35.5. The van der Waals surface area contributed by atoms with Gasteiger partial charge in [0.1, 0.15) is 6.54 Å². The van der Waals surface area contributed by atoms with Crippen LogP contribution in [0.15, 0.2) is 101 Å². The van der Waals surface area contributed by atoms with Crippen molar-refractivity contribution in [3.05, 3.63) is 102 Å². The maximum absolute atomic E-state index is 13.5. The molecule has 0 aliphatic carbocycles. The van der Waals surface area contributed by atoms with Crippen molar-refractivity contribution in [3.63, 3.8) is 0 Å². The number of carbonyl (C=O) groups is 1. The highest BCUT2D eigenvalue weighted by molar-refractivity contribution is 7.93. The summed E-state index contributed by atoms with van der Waals surface area (Å²) in [5.41, 5.74) is 1.36. The highest BCUT2D eigenvalue weighted by Gasteiger charge is 2.27. The second kappa shape index (κ2) is 11.2. The minimum Gasteiger partial charge on any atom is -0.325 e. The molecule has 1 heterocycles. The van der Waals surface area contributed by atoms with Gasteiger partial charge in [-0.15, -0.1) is 0 Å². The second-order valence-corrected chi connectivity index (χ2v) is 12.0. The number of halogens is 1. The van der Waals surface area contributed by atoms with Gasteiger partial charge in [0.15, 0.2) is 0 Å². The number of sulfonamides is 2. The first-order valence-corrected chi connectivity index (χ1v) is 14.4. The zero-order valence-electron chi connectivity index (χ0n) is 19.9. The normalized spacial score (nSPS) is 11.5. The Labute approximate surface area is 225 Å². The van der Waals surface area contributed by atoms with Gasteiger partial charge in [0.2, 0.25) is 11.9 Å². The third kappa shape index (κ3) is 6.46. The molecule has 0 fully saturated rings. The van der Waals surface area contributed by atoms with E-state index >= 15 is 0 Å². The van der Waals surface area contributed by atoms with E-state index in [0.29, 0.717) is 5.02 Å². The molecule has 1 aromatic heterocycles. The fourth-order valence-corrected chi connectivity index (χ4v) is 5.92. The maximum atomic E-state index is 13.5. The molecule has 196 valence electrons. The largest absolute Gasteiger partial charge is 0.325 e. The SMILES string of the molecule is Cc1ccc(S(=O)(=O)N(CC(=O)Nc2ccc(S(=O)(=O)Nc3ncccn3)cc2)c2cccc(Cl)c2)cc1. The minimum atomic E-state index is -4.12. The third-order valence-electron chi connectivity index (χ3n) is 5.23. The van der Waals surface area contributed by atoms with Gasteiger partial charge in [0.25, 0.3) is 20.0 Å². The fraction of sp³-hybridized carbons (Fsp3) is 0.0800. The van der Waals surface area contributed by atoms with E-state index in [1.54, 1.807) is 30.3 Å². The Hall–Kier alpha value is -4.00. The fourth-order valence-electron chi connectivity index (χ4n) is 3.36. The highest BCUT2D eigenvalue weighted by Crippen LogP contribution is 2.26. The van der Waals surface area contributed by atoms with Crippen molar-refractivity contribution in [2.45, 2.75) is 16.7 Å². The number of rotatable bonds is 9. The van der Waals surface area contributed by atoms with Gasteiger partial charge in [0.05, 0.1) is 15.5 Å². The molecule has 10 nitrogen and oxygen atoms in total. The smallest absolute Gasteiger partial charge is 0.264 e. The molecular weight excluding hydrogens is 550 g/mol. The monoisotopic (exact) mass is 571 g/mol. The quantitative estimate of drug-likeness (QED) is 0.309. The van der Waals surface area contributed by atoms with Crippen molar-refractivity contribution in [3.8, 4) is 0 Å². The van der Waals surface area contributed by atoms with Crippen molar-refractivity contribution in [2.75, 3.05) is 20.9 Å². The molecule has 4 aromatic rings. The Kier molecular flexibility index (Phi) is 7.95. The zero-order chi connectivity index (χ0) is 27.3. The molecule has 38 heavy (non-hydrogen) atoms. The van der Waals surface area contributed by atoms with Gasteiger partial charge in [-0.3, -0.25) is 9.10 Å². The van der Waals surface area contributed by atoms with E-state index in [1.807, 2.05) is 6.92 Å². The summed E-state index contributed by atoms with van der Waals surface area (Å²) in [4.78, 5) is 20.5. The van der Waals surface area contributed by atoms with Gasteiger partial charge in [-0.05, 0) is 67.6 Å². The van der Waals surface area contributed by atoms with E-state index in [2.05, 4.69) is 20.0 Å². The number of hydrogen-bond acceptors (Lipinski definition) is 7. The van der Waals surface area contributed by atoms with Crippen LogP contribution in [0.2, 0.25) is 5.02 Å². The summed E-state index contributed by atoms with van der Waals surface area (Å²) in [5.74, 6) is -0.729. The van der Waals surface area contributed by atoms with Crippen LogP contribution in [0.4, 0.5) is 17.3 Å². The number of nitrogens with one attached hydrogen (secondary N) is 2. The van der Waals surface area contributed by atoms with Crippen LogP contribution in [0.1, 0.15) is 5.56 Å². The van der Waals surface area contributed by atoms with E-state index in [1.165, 1.54) is 60.9 Å². The van der Waals surface area contributed by atoms with E-state index in [-0.39, 0.29) is 27.1 Å². The summed E-state index contributed by atoms with van der Waals surface area (Å²) in [7, 11) is -8.07. The molecular formula is C25H22ClN5O5S2. The number of aryl methyl sites for hydroxylation is 1. The maximum Gasteiger partial charge on any atom is 0.264 e. The number of benzene rings is 3. The van der Waals surface area contributed by atoms with Crippen molar-refractivity contribution in [1.29, 1.82) is 0 Å². The molecule has 0 spiro atoms. The first-order chi connectivity index (χ1) is 18.0. The van der Waals surface area contributed by atoms with Gasteiger partial charge in [-0.1, -0.05) is 35.4 Å². The molecule has 4 rings (SSSR count). The number of anilines is 3. The molecule has 1 amide bonds. The Morgan fingerprint density at radius 3 is 2.13 bits per heavy atom. The van der Waals surface area contributed by atoms with Crippen molar-refractivity contribution >= 4 is 54.9 Å². The molecule has 2 N–H and O–H groups in total. The van der Waals surface area contributed by atoms with Gasteiger partial charge >= 0.3 is 0 Å². The van der Waals surface area contributed by atoms with Crippen molar-refractivity contribution in [2.24, 2.45) is 0 Å². The Morgan fingerprint density at radius 2 is 1.50 bits per heavy atom. The molecule has 0 aliphatic heterocycles. The summed E-state index contributed by atoms with van der Waals surface area (Å²) < 4.78 is 55.3. The summed E-state index contributed by atoms with van der Waals surface area (Å²) in [6.07, 6.45) is 2.80. The summed E-state index contributed by atoms with van der Waals surface area (Å²) in [6.45, 7) is 1.28. The van der Waals surface area contributed by atoms with Gasteiger partial charge in [0, 0.05) is 23.1 Å². The van der Waals surface area contributed by atoms with Crippen molar-refractivity contribution < 1.29 is 21.6 Å². The van der Waals surface area contributed by atoms with Crippen molar-refractivity contribution in [1.82, 2.24) is 9.97 Å². The number of amides is 1. The Balaban J connectivity index is 1.53. The lowest BCUT2D eigenvalue weighted by molar-refractivity contribution is -0.114. The Morgan fingerprint density at radius 1 is 0.868 bits per heavy atom. The predicted molar refractivity (Wildman–Crippen MR) is 145 cm³/mol. The zero-order valence-corrected chi connectivity index (χ0v) is 22.3. The van der Waals surface area contributed by atoms with Crippen LogP contribution in [-0.2, 0) is 24.8 Å². The van der Waals surface area contributed by atoms with Crippen LogP contribution in [0.5, 0.6) is 0 Å². The lowest BCUT2D eigenvalue weighted by atomic mass is 10.2. The molecule has 0 saturated heterocycles. The van der Waals surface area contributed by atoms with Crippen LogP contribution in [0, 0.1) is 6.92 Å². The average Bonchev–Trinajstić information content (AvgIpc) is 2.88. The first-order valence-electron chi connectivity index (χ1n) is 11.1. The van der Waals surface area contributed by atoms with E-state index < -0.39 is 32.5 Å². The number of hydrogen-bond donors (Lipinski definition) is 2. The van der Waals surface area contributed by atoms with Crippen LogP contribution < -0.4 is 14.3 Å². The first kappa shape index (κ1) is 27.0. The van der Waals surface area contributed by atoms with Crippen LogP contribution in [-0.4, -0.2) is 39.3 Å². The number of nitrogens with zero attached hydrogens (tertiary/aromatic N) is 3. The van der Waals surface area contributed by atoms with Gasteiger partial charge < -0.3 is 5.32 Å². The molecule has 13 heteroatoms. The minimum absolute atomic E-state index is 0.0142. The number of aromatic nitrogens is 2. The molecule has 0 atom stereocenters. The van der Waals surface area contributed by atoms with Gasteiger partial charge in [-0.25, -0.2) is 31.5 Å². The lowest BCUT2D eigenvalue weighted by Crippen LogP contribution is -2.38. The van der Waals surface area contributed by atoms with E-state index in [9.17, 15) is 21.6 Å². The van der Waals surface area contributed by atoms with E-state index in [4.69, 9.17) is 11.6 Å². The molecule has 0 bridgehead atoms. The standard InChI is InChI=1S/C25H22ClN5O5S2/c1-18-6-10-23(11-7-18)38(35,36)31(21-5-2-4-19(26)16-21)17-24(32)29-20-8-12-22(13-9-20)37(33,34)30-25-27-14-3-15-28-25/h2-16H,17H2,1H3,(H,29,32)(H,27,28,30). The predicted octanol–water partition coefficient (Wildman–Crippen LogP) is 4.07. The molecule has 0 aliphatic rings. The molecule has 0 unspecified atom stereocenters. The summed E-state index contributed by atoms with van der Waals surface area (Å²) in [5, 5.41) is 2.90. The van der Waals surface area contributed by atoms with Crippen LogP contribution >= 0.6 is 11.6 Å². The van der Waals surface area contributed by atoms with E-state index in [0.717, 1.165) is 9.87 Å². The summed E-state index contributed by atoms with van der Waals surface area (Å²) in [6, 6.07) is 19.3. The average molecular weight is 572 g/mol. The number of carbonyl (C=O) groups excluding carboxylic acids is 1. The van der Waals surface area contributed by atoms with Crippen LogP contribution in [0.3, 0.4) is 0 Å². The summed E-state index contributed by atoms with van der Waals surface area (Å²) >= 11 is 6.09. The lowest BCUT2D eigenvalue weighted by Gasteiger charge is -2.24. The second-order valence-electron chi connectivity index (χ2n) is 8.06. The topological polar surface area (TPSA) is 138 Å². The molecule has 0 saturated carbocycles. The van der Waals surface area contributed by atoms with Crippen LogP contribution in [0.25, 0.3) is 0 Å². The van der Waals surface area contributed by atoms with Gasteiger partial charge in [-0.2, -0.15) is 0 Å². The molecule has 3 aromatic carbocycles. The molecule has 0 radical (unpaired) electrons.